The van der Waals surface area contributed by atoms with Gasteiger partial charge < -0.3 is 15.2 Å². The zero-order chi connectivity index (χ0) is 14.8. The van der Waals surface area contributed by atoms with Crippen molar-refractivity contribution in [2.24, 2.45) is 11.1 Å². The van der Waals surface area contributed by atoms with Gasteiger partial charge in [0.25, 0.3) is 0 Å². The maximum atomic E-state index is 6.22. The lowest BCUT2D eigenvalue weighted by atomic mass is 9.93. The van der Waals surface area contributed by atoms with Crippen LogP contribution in [0.4, 0.5) is 0 Å². The Kier molecular flexibility index (Phi) is 4.78. The van der Waals surface area contributed by atoms with Gasteiger partial charge in [0.1, 0.15) is 0 Å². The van der Waals surface area contributed by atoms with Crippen molar-refractivity contribution in [3.63, 3.8) is 0 Å². The minimum absolute atomic E-state index is 0.107. The normalized spacial score (nSPS) is 14.1. The summed E-state index contributed by atoms with van der Waals surface area (Å²) in [6.07, 6.45) is 0. The van der Waals surface area contributed by atoms with Crippen LogP contribution in [0.2, 0.25) is 5.02 Å². The molecule has 0 atom stereocenters. The van der Waals surface area contributed by atoms with Gasteiger partial charge in [-0.05, 0) is 36.2 Å². The fourth-order valence-electron chi connectivity index (χ4n) is 2.32. The summed E-state index contributed by atoms with van der Waals surface area (Å²) in [6.45, 7) is 10.2. The first-order valence-electron chi connectivity index (χ1n) is 6.95. The molecular weight excluding hydrogens is 276 g/mol. The van der Waals surface area contributed by atoms with Crippen molar-refractivity contribution in [2.45, 2.75) is 27.3 Å². The number of benzene rings is 1. The number of halogens is 1. The van der Waals surface area contributed by atoms with E-state index in [0.29, 0.717) is 17.3 Å². The molecule has 0 saturated heterocycles. The first-order valence-corrected chi connectivity index (χ1v) is 7.33. The molecule has 0 saturated carbocycles. The van der Waals surface area contributed by atoms with E-state index in [9.17, 15) is 0 Å². The van der Waals surface area contributed by atoms with Gasteiger partial charge in [-0.3, -0.25) is 4.90 Å². The summed E-state index contributed by atoms with van der Waals surface area (Å²) in [6, 6.07) is 3.96. The van der Waals surface area contributed by atoms with Crippen molar-refractivity contribution in [1.29, 1.82) is 0 Å². The first-order chi connectivity index (χ1) is 9.45. The van der Waals surface area contributed by atoms with Crippen LogP contribution in [0, 0.1) is 5.41 Å². The van der Waals surface area contributed by atoms with Crippen LogP contribution in [0.15, 0.2) is 12.1 Å². The van der Waals surface area contributed by atoms with Crippen LogP contribution in [-0.2, 0) is 6.54 Å². The average Bonchev–Trinajstić information content (AvgIpc) is 2.86. The van der Waals surface area contributed by atoms with Crippen LogP contribution in [0.25, 0.3) is 0 Å². The Morgan fingerprint density at radius 1 is 1.35 bits per heavy atom. The summed E-state index contributed by atoms with van der Waals surface area (Å²) >= 11 is 6.22. The fraction of sp³-hybridized carbons (Fsp3) is 0.600. The third-order valence-corrected chi connectivity index (χ3v) is 3.83. The van der Waals surface area contributed by atoms with Crippen LogP contribution in [-0.4, -0.2) is 31.3 Å². The quantitative estimate of drug-likeness (QED) is 0.877. The van der Waals surface area contributed by atoms with E-state index >= 15 is 0 Å². The predicted octanol–water partition coefficient (Wildman–Crippen LogP) is 2.88. The number of hydrogen-bond acceptors (Lipinski definition) is 4. The summed E-state index contributed by atoms with van der Waals surface area (Å²) in [5, 5.41) is 0.615. The molecule has 0 unspecified atom stereocenters. The number of ether oxygens (including phenoxy) is 2. The molecule has 0 fully saturated rings. The Morgan fingerprint density at radius 2 is 2.10 bits per heavy atom. The van der Waals surface area contributed by atoms with Gasteiger partial charge in [0.2, 0.25) is 6.79 Å². The molecule has 20 heavy (non-hydrogen) atoms. The van der Waals surface area contributed by atoms with Crippen molar-refractivity contribution >= 4 is 11.6 Å². The number of rotatable bonds is 6. The molecule has 0 aliphatic carbocycles. The highest BCUT2D eigenvalue weighted by Crippen LogP contribution is 2.40. The minimum Gasteiger partial charge on any atom is -0.454 e. The van der Waals surface area contributed by atoms with E-state index in [2.05, 4.69) is 25.7 Å². The molecule has 4 nitrogen and oxygen atoms in total. The molecule has 0 radical (unpaired) electrons. The highest BCUT2D eigenvalue weighted by Gasteiger charge is 2.22. The SMILES string of the molecule is CCN(Cc1cc(Cl)c2c(c1)OCO2)CC(C)(C)CN. The van der Waals surface area contributed by atoms with Gasteiger partial charge in [0.05, 0.1) is 5.02 Å². The Morgan fingerprint density at radius 3 is 2.75 bits per heavy atom. The lowest BCUT2D eigenvalue weighted by Crippen LogP contribution is -2.38. The molecule has 5 heteroatoms. The standard InChI is InChI=1S/C15H23ClN2O2/c1-4-18(9-15(2,3)8-17)7-11-5-12(16)14-13(6-11)19-10-20-14/h5-6H,4,7-10,17H2,1-3H3. The first kappa shape index (κ1) is 15.4. The largest absolute Gasteiger partial charge is 0.454 e. The van der Waals surface area contributed by atoms with Crippen LogP contribution < -0.4 is 15.2 Å². The second-order valence-electron chi connectivity index (χ2n) is 5.98. The Hall–Kier alpha value is -0.970. The average molecular weight is 299 g/mol. The number of fused-ring (bicyclic) bond motifs is 1. The Balaban J connectivity index is 2.10. The van der Waals surface area contributed by atoms with Gasteiger partial charge in [-0.25, -0.2) is 0 Å². The summed E-state index contributed by atoms with van der Waals surface area (Å²) < 4.78 is 10.7. The van der Waals surface area contributed by atoms with Crippen molar-refractivity contribution in [3.05, 3.63) is 22.7 Å². The third kappa shape index (κ3) is 3.57. The molecule has 0 bridgehead atoms. The maximum absolute atomic E-state index is 6.22. The van der Waals surface area contributed by atoms with Crippen molar-refractivity contribution in [2.75, 3.05) is 26.4 Å². The Labute approximate surface area is 125 Å². The molecule has 112 valence electrons. The number of hydrogen-bond donors (Lipinski definition) is 1. The van der Waals surface area contributed by atoms with E-state index < -0.39 is 0 Å². The van der Waals surface area contributed by atoms with Gasteiger partial charge in [0, 0.05) is 13.1 Å². The lowest BCUT2D eigenvalue weighted by molar-refractivity contribution is 0.173. The second kappa shape index (κ2) is 6.20. The molecular formula is C15H23ClN2O2. The van der Waals surface area contributed by atoms with Crippen LogP contribution in [0.1, 0.15) is 26.3 Å². The van der Waals surface area contributed by atoms with E-state index in [4.69, 9.17) is 26.8 Å². The van der Waals surface area contributed by atoms with Gasteiger partial charge in [-0.1, -0.05) is 32.4 Å². The van der Waals surface area contributed by atoms with Gasteiger partial charge in [-0.2, -0.15) is 0 Å². The zero-order valence-corrected chi connectivity index (χ0v) is 13.2. The molecule has 1 aliphatic rings. The summed E-state index contributed by atoms with van der Waals surface area (Å²) in [4.78, 5) is 2.36. The minimum atomic E-state index is 0.107. The van der Waals surface area contributed by atoms with E-state index in [1.54, 1.807) is 0 Å². The van der Waals surface area contributed by atoms with Gasteiger partial charge in [-0.15, -0.1) is 0 Å². The number of nitrogens with two attached hydrogens (primary N) is 1. The van der Waals surface area contributed by atoms with Crippen molar-refractivity contribution in [1.82, 2.24) is 4.90 Å². The zero-order valence-electron chi connectivity index (χ0n) is 12.4. The molecule has 1 aromatic carbocycles. The van der Waals surface area contributed by atoms with Crippen LogP contribution in [0.3, 0.4) is 0 Å². The molecule has 1 aromatic rings. The summed E-state index contributed by atoms with van der Waals surface area (Å²) in [5.74, 6) is 1.39. The van der Waals surface area contributed by atoms with E-state index in [0.717, 1.165) is 30.9 Å². The van der Waals surface area contributed by atoms with Gasteiger partial charge in [0.15, 0.2) is 11.5 Å². The fourth-order valence-corrected chi connectivity index (χ4v) is 2.61. The molecule has 0 aromatic heterocycles. The highest BCUT2D eigenvalue weighted by molar-refractivity contribution is 6.32. The lowest BCUT2D eigenvalue weighted by Gasteiger charge is -2.31. The molecule has 0 amide bonds. The second-order valence-corrected chi connectivity index (χ2v) is 6.39. The molecule has 2 N–H and O–H groups in total. The van der Waals surface area contributed by atoms with E-state index in [1.807, 2.05) is 12.1 Å². The van der Waals surface area contributed by atoms with E-state index in [1.165, 1.54) is 0 Å². The smallest absolute Gasteiger partial charge is 0.231 e. The summed E-state index contributed by atoms with van der Waals surface area (Å²) in [7, 11) is 0. The number of nitrogens with zero attached hydrogens (tertiary/aromatic N) is 1. The molecule has 2 rings (SSSR count). The van der Waals surface area contributed by atoms with Crippen molar-refractivity contribution in [3.8, 4) is 11.5 Å². The molecule has 0 spiro atoms. The summed E-state index contributed by atoms with van der Waals surface area (Å²) in [5.41, 5.74) is 7.06. The molecule has 1 heterocycles. The Bertz CT molecular complexity index is 477. The van der Waals surface area contributed by atoms with Crippen LogP contribution >= 0.6 is 11.6 Å². The third-order valence-electron chi connectivity index (χ3n) is 3.54. The highest BCUT2D eigenvalue weighted by atomic mass is 35.5. The van der Waals surface area contributed by atoms with Crippen molar-refractivity contribution < 1.29 is 9.47 Å². The molecule has 1 aliphatic heterocycles. The maximum Gasteiger partial charge on any atom is 0.231 e. The monoisotopic (exact) mass is 298 g/mol. The predicted molar refractivity (Wildman–Crippen MR) is 81.4 cm³/mol. The van der Waals surface area contributed by atoms with Gasteiger partial charge >= 0.3 is 0 Å². The topological polar surface area (TPSA) is 47.7 Å². The van der Waals surface area contributed by atoms with E-state index in [-0.39, 0.29) is 12.2 Å². The van der Waals surface area contributed by atoms with Crippen LogP contribution in [0.5, 0.6) is 11.5 Å².